The highest BCUT2D eigenvalue weighted by molar-refractivity contribution is 6.13. The predicted octanol–water partition coefficient (Wildman–Crippen LogP) is 1.53. The number of nitrogens with zero attached hydrogens (tertiary/aromatic N) is 4. The predicted molar refractivity (Wildman–Crippen MR) is 85.0 cm³/mol. The molecule has 2 N–H and O–H groups in total. The monoisotopic (exact) mass is 339 g/mol. The molecule has 9 heteroatoms. The third-order valence-corrected chi connectivity index (χ3v) is 3.84. The fraction of sp³-hybridized carbons (Fsp3) is 0.188. The maximum absolute atomic E-state index is 12.5. The molecule has 0 radical (unpaired) electrons. The van der Waals surface area contributed by atoms with E-state index in [2.05, 4.69) is 10.4 Å². The Labute approximate surface area is 142 Å². The number of hydrogen-bond acceptors (Lipinski definition) is 5. The number of amides is 3. The van der Waals surface area contributed by atoms with E-state index in [9.17, 15) is 19.5 Å². The summed E-state index contributed by atoms with van der Waals surface area (Å²) in [6, 6.07) is 7.67. The molecule has 25 heavy (non-hydrogen) atoms. The number of nitrogens with one attached hydrogen (secondary N) is 1. The van der Waals surface area contributed by atoms with Gasteiger partial charge in [0.15, 0.2) is 0 Å². The lowest BCUT2D eigenvalue weighted by Gasteiger charge is -2.29. The first-order valence-electron chi connectivity index (χ1n) is 7.36. The topological polar surface area (TPSA) is 128 Å². The van der Waals surface area contributed by atoms with Gasteiger partial charge in [-0.3, -0.25) is 14.3 Å². The summed E-state index contributed by atoms with van der Waals surface area (Å²) in [5, 5.41) is 24.7. The molecule has 9 nitrogen and oxygen atoms in total. The van der Waals surface area contributed by atoms with Crippen LogP contribution in [0.5, 0.6) is 0 Å². The van der Waals surface area contributed by atoms with E-state index in [1.165, 1.54) is 16.9 Å². The Hall–Kier alpha value is -3.67. The minimum atomic E-state index is -1.38. The molecule has 1 aliphatic heterocycles. The van der Waals surface area contributed by atoms with E-state index in [4.69, 9.17) is 5.26 Å². The Morgan fingerprint density at radius 1 is 1.44 bits per heavy atom. The van der Waals surface area contributed by atoms with Crippen molar-refractivity contribution >= 4 is 23.6 Å². The third kappa shape index (κ3) is 2.81. The van der Waals surface area contributed by atoms with Crippen molar-refractivity contribution in [1.82, 2.24) is 14.7 Å². The van der Waals surface area contributed by atoms with Gasteiger partial charge in [-0.2, -0.15) is 10.4 Å². The van der Waals surface area contributed by atoms with Gasteiger partial charge in [0.05, 0.1) is 36.0 Å². The van der Waals surface area contributed by atoms with Crippen molar-refractivity contribution in [2.45, 2.75) is 19.5 Å². The molecule has 0 aliphatic carbocycles. The van der Waals surface area contributed by atoms with Gasteiger partial charge in [0, 0.05) is 5.69 Å². The van der Waals surface area contributed by atoms with E-state index < -0.39 is 23.9 Å². The summed E-state index contributed by atoms with van der Waals surface area (Å²) in [6.45, 7) is 1.76. The van der Waals surface area contributed by atoms with Gasteiger partial charge in [-0.25, -0.2) is 9.69 Å². The van der Waals surface area contributed by atoms with Crippen molar-refractivity contribution in [1.29, 1.82) is 5.26 Å². The average molecular weight is 339 g/mol. The maximum atomic E-state index is 12.5. The number of carbonyl (C=O) groups excluding carboxylic acids is 2. The fourth-order valence-electron chi connectivity index (χ4n) is 2.70. The van der Waals surface area contributed by atoms with E-state index >= 15 is 0 Å². The van der Waals surface area contributed by atoms with Crippen LogP contribution in [0.3, 0.4) is 0 Å². The minimum absolute atomic E-state index is 0.0227. The zero-order valence-corrected chi connectivity index (χ0v) is 13.1. The summed E-state index contributed by atoms with van der Waals surface area (Å²) in [5.74, 6) is -1.40. The Bertz CT molecular complexity index is 927. The van der Waals surface area contributed by atoms with Crippen LogP contribution >= 0.6 is 0 Å². The average Bonchev–Trinajstić information content (AvgIpc) is 2.98. The summed E-state index contributed by atoms with van der Waals surface area (Å²) in [4.78, 5) is 36.9. The zero-order chi connectivity index (χ0) is 18.1. The molecule has 0 saturated heterocycles. The number of nitriles is 1. The molecule has 2 heterocycles. The molecule has 1 unspecified atom stereocenters. The Balaban J connectivity index is 1.92. The quantitative estimate of drug-likeness (QED) is 0.854. The van der Waals surface area contributed by atoms with E-state index in [0.29, 0.717) is 16.2 Å². The molecular formula is C16H13N5O4. The highest BCUT2D eigenvalue weighted by atomic mass is 16.4. The molecule has 1 aromatic heterocycles. The van der Waals surface area contributed by atoms with Crippen molar-refractivity contribution < 1.29 is 19.5 Å². The van der Waals surface area contributed by atoms with Gasteiger partial charge in [-0.1, -0.05) is 6.07 Å². The minimum Gasteiger partial charge on any atom is -0.465 e. The van der Waals surface area contributed by atoms with Crippen LogP contribution in [0.25, 0.3) is 0 Å². The molecule has 0 saturated carbocycles. The van der Waals surface area contributed by atoms with Crippen LogP contribution in [0.4, 0.5) is 10.5 Å². The van der Waals surface area contributed by atoms with E-state index in [0.717, 1.165) is 0 Å². The fourth-order valence-corrected chi connectivity index (χ4v) is 2.70. The van der Waals surface area contributed by atoms with Crippen LogP contribution in [0.15, 0.2) is 30.5 Å². The number of hydrogen-bond donors (Lipinski definition) is 2. The standard InChI is InChI=1S/C16H13N5O4/c1-9-8-20-13(15(23)21(9)16(24)25)12(7-18-20)14(22)19-11-4-2-3-10(5-11)6-17/h2-5,7,9H,8H2,1H3,(H,19,22)(H,24,25). The second kappa shape index (κ2) is 6.09. The van der Waals surface area contributed by atoms with E-state index in [1.54, 1.807) is 25.1 Å². The van der Waals surface area contributed by atoms with Crippen LogP contribution in [0.1, 0.15) is 33.3 Å². The van der Waals surface area contributed by atoms with Crippen LogP contribution in [-0.4, -0.2) is 43.7 Å². The van der Waals surface area contributed by atoms with Gasteiger partial charge in [0.25, 0.3) is 11.8 Å². The summed E-state index contributed by atoms with van der Waals surface area (Å²) in [6.07, 6.45) is -0.146. The van der Waals surface area contributed by atoms with Crippen molar-refractivity contribution in [3.05, 3.63) is 47.3 Å². The molecule has 126 valence electrons. The number of imide groups is 1. The smallest absolute Gasteiger partial charge is 0.414 e. The lowest BCUT2D eigenvalue weighted by molar-refractivity contribution is 0.0594. The lowest BCUT2D eigenvalue weighted by atomic mass is 10.1. The largest absolute Gasteiger partial charge is 0.465 e. The van der Waals surface area contributed by atoms with Gasteiger partial charge >= 0.3 is 6.09 Å². The van der Waals surface area contributed by atoms with Crippen LogP contribution < -0.4 is 5.32 Å². The molecule has 3 rings (SSSR count). The second-order valence-corrected chi connectivity index (χ2v) is 5.54. The zero-order valence-electron chi connectivity index (χ0n) is 13.1. The molecule has 1 aromatic carbocycles. The van der Waals surface area contributed by atoms with E-state index in [-0.39, 0.29) is 17.8 Å². The number of fused-ring (bicyclic) bond motifs is 1. The number of carbonyl (C=O) groups is 3. The number of anilines is 1. The maximum Gasteiger partial charge on any atom is 0.414 e. The molecule has 0 spiro atoms. The molecule has 3 amide bonds. The first kappa shape index (κ1) is 16.2. The van der Waals surface area contributed by atoms with Gasteiger partial charge in [0.2, 0.25) is 0 Å². The summed E-state index contributed by atoms with van der Waals surface area (Å²) < 4.78 is 1.33. The molecule has 0 bridgehead atoms. The summed E-state index contributed by atoms with van der Waals surface area (Å²) in [5.41, 5.74) is 0.660. The molecular weight excluding hydrogens is 326 g/mol. The molecule has 1 aliphatic rings. The number of aromatic nitrogens is 2. The van der Waals surface area contributed by atoms with Crippen molar-refractivity contribution in [2.24, 2.45) is 0 Å². The van der Waals surface area contributed by atoms with Crippen molar-refractivity contribution in [3.8, 4) is 6.07 Å². The van der Waals surface area contributed by atoms with Gasteiger partial charge in [0.1, 0.15) is 5.69 Å². The SMILES string of the molecule is CC1Cn2ncc(C(=O)Nc3cccc(C#N)c3)c2C(=O)N1C(=O)O. The first-order valence-corrected chi connectivity index (χ1v) is 7.36. The second-order valence-electron chi connectivity index (χ2n) is 5.54. The van der Waals surface area contributed by atoms with Gasteiger partial charge < -0.3 is 10.4 Å². The molecule has 0 fully saturated rings. The van der Waals surface area contributed by atoms with E-state index in [1.807, 2.05) is 6.07 Å². The summed E-state index contributed by atoms with van der Waals surface area (Å²) in [7, 11) is 0. The molecule has 2 aromatic rings. The Morgan fingerprint density at radius 3 is 2.88 bits per heavy atom. The van der Waals surface area contributed by atoms with Crippen LogP contribution in [0, 0.1) is 11.3 Å². The van der Waals surface area contributed by atoms with Gasteiger partial charge in [-0.05, 0) is 25.1 Å². The summed E-state index contributed by atoms with van der Waals surface area (Å²) >= 11 is 0. The Kier molecular flexibility index (Phi) is 3.94. The van der Waals surface area contributed by atoms with Gasteiger partial charge in [-0.15, -0.1) is 0 Å². The Morgan fingerprint density at radius 2 is 2.20 bits per heavy atom. The van der Waals surface area contributed by atoms with Crippen LogP contribution in [-0.2, 0) is 6.54 Å². The third-order valence-electron chi connectivity index (χ3n) is 3.84. The van der Waals surface area contributed by atoms with Crippen molar-refractivity contribution in [2.75, 3.05) is 5.32 Å². The van der Waals surface area contributed by atoms with Crippen molar-refractivity contribution in [3.63, 3.8) is 0 Å². The highest BCUT2D eigenvalue weighted by Crippen LogP contribution is 2.22. The van der Waals surface area contributed by atoms with Crippen LogP contribution in [0.2, 0.25) is 0 Å². The number of benzene rings is 1. The number of rotatable bonds is 2. The lowest BCUT2D eigenvalue weighted by Crippen LogP contribution is -2.49. The molecule has 1 atom stereocenters. The first-order chi connectivity index (χ1) is 11.9. The highest BCUT2D eigenvalue weighted by Gasteiger charge is 2.38. The normalized spacial score (nSPS) is 16.1. The number of carboxylic acid groups (broad SMARTS) is 1.